The molecule has 1 aliphatic rings. The Morgan fingerprint density at radius 3 is 3.00 bits per heavy atom. The maximum atomic E-state index is 12.7. The van der Waals surface area contributed by atoms with Gasteiger partial charge in [-0.15, -0.1) is 0 Å². The number of amides is 1. The summed E-state index contributed by atoms with van der Waals surface area (Å²) >= 11 is 12.4. The van der Waals surface area contributed by atoms with Crippen molar-refractivity contribution in [3.8, 4) is 0 Å². The number of nitrogens with zero attached hydrogens (tertiary/aromatic N) is 2. The van der Waals surface area contributed by atoms with E-state index < -0.39 is 11.5 Å². The molecule has 1 amide bonds. The minimum absolute atomic E-state index is 0.249. The molecule has 1 aliphatic heterocycles. The Morgan fingerprint density at radius 1 is 1.63 bits per heavy atom. The van der Waals surface area contributed by atoms with Gasteiger partial charge >= 0.3 is 0 Å². The molecule has 2 rings (SSSR count). The van der Waals surface area contributed by atoms with E-state index >= 15 is 0 Å². The summed E-state index contributed by atoms with van der Waals surface area (Å²) in [5.41, 5.74) is -1.29. The van der Waals surface area contributed by atoms with Gasteiger partial charge in [-0.2, -0.15) is 4.99 Å². The fourth-order valence-electron chi connectivity index (χ4n) is 1.71. The number of benzene rings is 1. The van der Waals surface area contributed by atoms with Crippen molar-refractivity contribution in [1.29, 1.82) is 0 Å². The van der Waals surface area contributed by atoms with E-state index in [-0.39, 0.29) is 5.25 Å². The van der Waals surface area contributed by atoms with Crippen LogP contribution < -0.4 is 4.90 Å². The lowest BCUT2D eigenvalue weighted by molar-refractivity contribution is -0.119. The molecule has 1 aromatic carbocycles. The van der Waals surface area contributed by atoms with E-state index in [1.54, 1.807) is 12.1 Å². The van der Waals surface area contributed by atoms with Crippen molar-refractivity contribution in [2.45, 2.75) is 17.8 Å². The lowest BCUT2D eigenvalue weighted by atomic mass is 10.3. The van der Waals surface area contributed by atoms with Crippen LogP contribution in [-0.4, -0.2) is 28.5 Å². The average molecular weight is 321 g/mol. The van der Waals surface area contributed by atoms with Crippen LogP contribution >= 0.6 is 35.0 Å². The van der Waals surface area contributed by atoms with Crippen molar-refractivity contribution < 1.29 is 9.18 Å². The molecule has 3 nitrogen and oxygen atoms in total. The molecule has 2 unspecified atom stereocenters. The van der Waals surface area contributed by atoms with E-state index in [2.05, 4.69) is 4.99 Å². The van der Waals surface area contributed by atoms with Crippen LogP contribution in [0.3, 0.4) is 0 Å². The van der Waals surface area contributed by atoms with Gasteiger partial charge in [0.05, 0.1) is 0 Å². The lowest BCUT2D eigenvalue weighted by Gasteiger charge is -2.18. The Morgan fingerprint density at radius 2 is 2.37 bits per heavy atom. The van der Waals surface area contributed by atoms with Crippen LogP contribution in [-0.2, 0) is 4.79 Å². The molecule has 1 aromatic rings. The highest BCUT2D eigenvalue weighted by atomic mass is 35.5. The first kappa shape index (κ1) is 14.6. The van der Waals surface area contributed by atoms with Crippen LogP contribution in [0.25, 0.3) is 0 Å². The number of aliphatic imine (C=N–C) groups is 1. The van der Waals surface area contributed by atoms with Gasteiger partial charge in [-0.1, -0.05) is 48.0 Å². The van der Waals surface area contributed by atoms with Gasteiger partial charge in [-0.3, -0.25) is 4.79 Å². The molecule has 7 heteroatoms. The molecule has 0 N–H and O–H groups in total. The summed E-state index contributed by atoms with van der Waals surface area (Å²) in [6, 6.07) is 7.20. The fourth-order valence-corrected chi connectivity index (χ4v) is 2.97. The predicted octanol–water partition coefficient (Wildman–Crippen LogP) is 3.70. The number of carbonyl (C=O) groups is 1. The molecule has 1 heterocycles. The molecule has 0 aliphatic carbocycles. The van der Waals surface area contributed by atoms with Gasteiger partial charge in [-0.25, -0.2) is 4.39 Å². The number of hydrogen-bond donors (Lipinski definition) is 0. The Balaban J connectivity index is 2.30. The zero-order valence-corrected chi connectivity index (χ0v) is 12.3. The van der Waals surface area contributed by atoms with Crippen molar-refractivity contribution in [3.05, 3.63) is 29.3 Å². The van der Waals surface area contributed by atoms with Crippen molar-refractivity contribution in [2.24, 2.45) is 4.99 Å². The van der Waals surface area contributed by atoms with Crippen molar-refractivity contribution in [2.75, 3.05) is 11.4 Å². The predicted molar refractivity (Wildman–Crippen MR) is 79.0 cm³/mol. The molecule has 19 heavy (non-hydrogen) atoms. The first-order chi connectivity index (χ1) is 8.97. The van der Waals surface area contributed by atoms with Crippen molar-refractivity contribution >= 4 is 51.7 Å². The van der Waals surface area contributed by atoms with E-state index in [0.29, 0.717) is 16.7 Å². The van der Waals surface area contributed by atoms with E-state index in [4.69, 9.17) is 23.2 Å². The van der Waals surface area contributed by atoms with Crippen LogP contribution in [0.4, 0.5) is 10.1 Å². The average Bonchev–Trinajstić information content (AvgIpc) is 2.70. The lowest BCUT2D eigenvalue weighted by Crippen LogP contribution is -2.26. The van der Waals surface area contributed by atoms with Crippen molar-refractivity contribution in [3.63, 3.8) is 0 Å². The quantitative estimate of drug-likeness (QED) is 0.779. The standard InChI is InChI=1S/C12H11Cl2FN2OS/c1-7-6-17(9-4-2-3-8(13)5-9)12(19-7)16-11(18)10(14)15/h2-5,7,10H,6H2,1H3. The Kier molecular flexibility index (Phi) is 4.71. The first-order valence-electron chi connectivity index (χ1n) is 5.58. The number of rotatable bonds is 2. The van der Waals surface area contributed by atoms with Crippen LogP contribution in [0, 0.1) is 0 Å². The van der Waals surface area contributed by atoms with E-state index in [1.807, 2.05) is 24.0 Å². The van der Waals surface area contributed by atoms with Crippen LogP contribution in [0.15, 0.2) is 29.3 Å². The van der Waals surface area contributed by atoms with Gasteiger partial charge in [0.25, 0.3) is 11.5 Å². The van der Waals surface area contributed by atoms with Gasteiger partial charge in [0.2, 0.25) is 0 Å². The molecule has 1 fully saturated rings. The third-order valence-corrected chi connectivity index (χ3v) is 3.99. The Bertz CT molecular complexity index is 524. The second-order valence-electron chi connectivity index (χ2n) is 4.05. The fraction of sp³-hybridized carbons (Fsp3) is 0.333. The van der Waals surface area contributed by atoms with E-state index in [1.165, 1.54) is 11.8 Å². The van der Waals surface area contributed by atoms with Gasteiger partial charge in [0, 0.05) is 22.5 Å². The molecule has 0 spiro atoms. The largest absolute Gasteiger partial charge is 0.320 e. The number of halogens is 3. The maximum absolute atomic E-state index is 12.7. The molecule has 1 saturated heterocycles. The SMILES string of the molecule is CC1CN(c2cccc(Cl)c2)C(=NC(=O)C(F)Cl)S1. The smallest absolute Gasteiger partial charge is 0.298 e. The minimum atomic E-state index is -2.11. The summed E-state index contributed by atoms with van der Waals surface area (Å²) < 4.78 is 12.7. The topological polar surface area (TPSA) is 32.7 Å². The highest BCUT2D eigenvalue weighted by Crippen LogP contribution is 2.31. The highest BCUT2D eigenvalue weighted by molar-refractivity contribution is 8.15. The highest BCUT2D eigenvalue weighted by Gasteiger charge is 2.28. The summed E-state index contributed by atoms with van der Waals surface area (Å²) in [6.45, 7) is 2.68. The summed E-state index contributed by atoms with van der Waals surface area (Å²) in [5, 5.41) is 1.29. The molecule has 102 valence electrons. The van der Waals surface area contributed by atoms with Gasteiger partial charge < -0.3 is 4.90 Å². The molecule has 0 saturated carbocycles. The summed E-state index contributed by atoms with van der Waals surface area (Å²) in [5.74, 6) is -0.981. The third-order valence-electron chi connectivity index (χ3n) is 2.49. The summed E-state index contributed by atoms with van der Waals surface area (Å²) in [7, 11) is 0. The third kappa shape index (κ3) is 3.61. The van der Waals surface area contributed by atoms with Gasteiger partial charge in [0.15, 0.2) is 5.17 Å². The Labute approximate surface area is 124 Å². The zero-order chi connectivity index (χ0) is 14.0. The molecular formula is C12H11Cl2FN2OS. The van der Waals surface area contributed by atoms with Crippen LogP contribution in [0.2, 0.25) is 5.02 Å². The molecule has 0 bridgehead atoms. The van der Waals surface area contributed by atoms with Crippen LogP contribution in [0.1, 0.15) is 6.92 Å². The van der Waals surface area contributed by atoms with Gasteiger partial charge in [0.1, 0.15) is 0 Å². The molecule has 0 radical (unpaired) electrons. The number of carbonyl (C=O) groups excluding carboxylic acids is 1. The summed E-state index contributed by atoms with van der Waals surface area (Å²) in [4.78, 5) is 16.9. The number of amidine groups is 1. The molecular weight excluding hydrogens is 310 g/mol. The minimum Gasteiger partial charge on any atom is -0.320 e. The normalized spacial score (nSPS) is 22.8. The second kappa shape index (κ2) is 6.11. The van der Waals surface area contributed by atoms with Gasteiger partial charge in [-0.05, 0) is 18.2 Å². The van der Waals surface area contributed by atoms with E-state index in [9.17, 15) is 9.18 Å². The van der Waals surface area contributed by atoms with Crippen LogP contribution in [0.5, 0.6) is 0 Å². The van der Waals surface area contributed by atoms with Crippen molar-refractivity contribution in [1.82, 2.24) is 0 Å². The van der Waals surface area contributed by atoms with E-state index in [0.717, 1.165) is 5.69 Å². The first-order valence-corrected chi connectivity index (χ1v) is 7.27. The monoisotopic (exact) mass is 320 g/mol. The molecule has 0 aromatic heterocycles. The Hall–Kier alpha value is -0.780. The summed E-state index contributed by atoms with van der Waals surface area (Å²) in [6.07, 6.45) is 0. The molecule has 2 atom stereocenters. The number of anilines is 1. The number of hydrogen-bond acceptors (Lipinski definition) is 2. The second-order valence-corrected chi connectivity index (χ2v) is 6.28. The number of thioether (sulfide) groups is 1. The number of alkyl halides is 2. The zero-order valence-electron chi connectivity index (χ0n) is 10.0. The maximum Gasteiger partial charge on any atom is 0.298 e.